The van der Waals surface area contributed by atoms with Crippen LogP contribution in [0.25, 0.3) is 0 Å². The van der Waals surface area contributed by atoms with E-state index < -0.39 is 28.1 Å². The molecule has 6 nitrogen and oxygen atoms in total. The highest BCUT2D eigenvalue weighted by Crippen LogP contribution is 2.35. The molecule has 1 aliphatic heterocycles. The Morgan fingerprint density at radius 2 is 1.96 bits per heavy atom. The minimum atomic E-state index is -4.00. The molecule has 0 saturated carbocycles. The molecule has 0 fully saturated rings. The Morgan fingerprint density at radius 1 is 1.26 bits per heavy atom. The van der Waals surface area contributed by atoms with Gasteiger partial charge in [-0.1, -0.05) is 41.4 Å². The maximum absolute atomic E-state index is 13.4. The fourth-order valence-electron chi connectivity index (χ4n) is 3.02. The van der Waals surface area contributed by atoms with Crippen molar-refractivity contribution in [2.24, 2.45) is 0 Å². The van der Waals surface area contributed by atoms with Gasteiger partial charge in [0, 0.05) is 11.2 Å². The first-order valence-electron chi connectivity index (χ1n) is 8.30. The number of rotatable bonds is 4. The van der Waals surface area contributed by atoms with Crippen molar-refractivity contribution in [3.63, 3.8) is 0 Å². The summed E-state index contributed by atoms with van der Waals surface area (Å²) in [5.74, 6) is -0.623. The molecule has 0 amide bonds. The number of methoxy groups -OCH3 is 1. The molecule has 142 valence electrons. The molecule has 1 aromatic heterocycles. The van der Waals surface area contributed by atoms with E-state index in [-0.39, 0.29) is 11.3 Å². The van der Waals surface area contributed by atoms with E-state index in [1.165, 1.54) is 25.4 Å². The van der Waals surface area contributed by atoms with E-state index in [0.29, 0.717) is 10.7 Å². The number of benzene rings is 1. The van der Waals surface area contributed by atoms with E-state index >= 15 is 0 Å². The molecule has 0 saturated heterocycles. The number of esters is 1. The van der Waals surface area contributed by atoms with Crippen LogP contribution in [-0.2, 0) is 19.6 Å². The van der Waals surface area contributed by atoms with Crippen LogP contribution in [0.3, 0.4) is 0 Å². The van der Waals surface area contributed by atoms with Crippen LogP contribution in [0.4, 0.5) is 0 Å². The Labute approximate surface area is 163 Å². The molecule has 0 N–H and O–H groups in total. The van der Waals surface area contributed by atoms with Crippen molar-refractivity contribution in [2.75, 3.05) is 7.11 Å². The van der Waals surface area contributed by atoms with E-state index in [0.717, 1.165) is 9.87 Å². The van der Waals surface area contributed by atoms with Crippen LogP contribution in [0.15, 0.2) is 59.6 Å². The van der Waals surface area contributed by atoms with Gasteiger partial charge in [0.1, 0.15) is 6.04 Å². The first-order chi connectivity index (χ1) is 12.8. The highest BCUT2D eigenvalue weighted by atomic mass is 35.5. The molecule has 0 bridgehead atoms. The number of carbonyl (C=O) groups excluding carboxylic acids is 1. The van der Waals surface area contributed by atoms with Gasteiger partial charge >= 0.3 is 5.97 Å². The normalized spacial score (nSPS) is 20.4. The number of hydrogen-bond acceptors (Lipinski definition) is 5. The topological polar surface area (TPSA) is 76.6 Å². The van der Waals surface area contributed by atoms with Crippen molar-refractivity contribution in [3.8, 4) is 0 Å². The van der Waals surface area contributed by atoms with Gasteiger partial charge in [-0.05, 0) is 37.6 Å². The molecule has 2 heterocycles. The largest absolute Gasteiger partial charge is 0.468 e. The fraction of sp³-hybridized carbons (Fsp3) is 0.263. The number of aryl methyl sites for hydroxylation is 1. The van der Waals surface area contributed by atoms with Crippen molar-refractivity contribution in [1.82, 2.24) is 9.29 Å². The standard InChI is InChI=1S/C19H19ClN2O4S/c1-13-6-8-15(9-7-13)27(24,25)22-17(16-12-14(20)10-11-21-16)4-3-5-18(22)19(23)26-2/h3-4,6-12,17-18H,5H2,1-2H3/t17?,18-/m1/s1. The molecule has 0 aliphatic carbocycles. The van der Waals surface area contributed by atoms with Gasteiger partial charge in [-0.15, -0.1) is 0 Å². The van der Waals surface area contributed by atoms with Gasteiger partial charge in [0.15, 0.2) is 0 Å². The lowest BCUT2D eigenvalue weighted by atomic mass is 10.0. The summed E-state index contributed by atoms with van der Waals surface area (Å²) in [5.41, 5.74) is 1.37. The number of pyridine rings is 1. The minimum absolute atomic E-state index is 0.101. The van der Waals surface area contributed by atoms with Crippen molar-refractivity contribution in [3.05, 3.63) is 71.0 Å². The highest BCUT2D eigenvalue weighted by molar-refractivity contribution is 7.89. The number of sulfonamides is 1. The fourth-order valence-corrected chi connectivity index (χ4v) is 4.89. The molecule has 8 heteroatoms. The molecule has 27 heavy (non-hydrogen) atoms. The Balaban J connectivity index is 2.15. The zero-order valence-corrected chi connectivity index (χ0v) is 16.4. The van der Waals surface area contributed by atoms with Gasteiger partial charge in [0.2, 0.25) is 10.0 Å². The maximum atomic E-state index is 13.4. The Kier molecular flexibility index (Phi) is 5.64. The third kappa shape index (κ3) is 3.90. The smallest absolute Gasteiger partial charge is 0.324 e. The van der Waals surface area contributed by atoms with Gasteiger partial charge in [-0.25, -0.2) is 8.42 Å². The van der Waals surface area contributed by atoms with Gasteiger partial charge in [-0.2, -0.15) is 4.31 Å². The lowest BCUT2D eigenvalue weighted by Crippen LogP contribution is -2.48. The predicted octanol–water partition coefficient (Wildman–Crippen LogP) is 3.28. The van der Waals surface area contributed by atoms with E-state index in [2.05, 4.69) is 4.98 Å². The van der Waals surface area contributed by atoms with Crippen molar-refractivity contribution >= 4 is 27.6 Å². The highest BCUT2D eigenvalue weighted by Gasteiger charge is 2.43. The van der Waals surface area contributed by atoms with Crippen LogP contribution in [0.2, 0.25) is 5.02 Å². The van der Waals surface area contributed by atoms with Crippen LogP contribution in [-0.4, -0.2) is 36.8 Å². The van der Waals surface area contributed by atoms with Crippen molar-refractivity contribution < 1.29 is 17.9 Å². The number of hydrogen-bond donors (Lipinski definition) is 0. The van der Waals surface area contributed by atoms with Crippen molar-refractivity contribution in [1.29, 1.82) is 0 Å². The summed E-state index contributed by atoms with van der Waals surface area (Å²) in [5, 5.41) is 0.432. The molecule has 2 atom stereocenters. The van der Waals surface area contributed by atoms with E-state index in [9.17, 15) is 13.2 Å². The summed E-state index contributed by atoms with van der Waals surface area (Å²) in [6.45, 7) is 1.87. The second kappa shape index (κ2) is 7.80. The van der Waals surface area contributed by atoms with E-state index in [1.54, 1.807) is 36.4 Å². The van der Waals surface area contributed by atoms with Gasteiger partial charge in [0.25, 0.3) is 0 Å². The van der Waals surface area contributed by atoms with Gasteiger partial charge < -0.3 is 4.74 Å². The summed E-state index contributed by atoms with van der Waals surface area (Å²) in [4.78, 5) is 16.7. The molecule has 2 aromatic rings. The molecule has 1 aromatic carbocycles. The van der Waals surface area contributed by atoms with Crippen LogP contribution in [0.1, 0.15) is 23.7 Å². The molecule has 0 radical (unpaired) electrons. The van der Waals surface area contributed by atoms with Gasteiger partial charge in [0.05, 0.1) is 23.7 Å². The molecular weight excluding hydrogens is 388 g/mol. The summed E-state index contributed by atoms with van der Waals surface area (Å²) in [6.07, 6.45) is 5.19. The molecular formula is C19H19ClN2O4S. The average Bonchev–Trinajstić information content (AvgIpc) is 2.67. The zero-order valence-electron chi connectivity index (χ0n) is 14.9. The number of nitrogens with zero attached hydrogens (tertiary/aromatic N) is 2. The molecule has 1 aliphatic rings. The predicted molar refractivity (Wildman–Crippen MR) is 102 cm³/mol. The zero-order chi connectivity index (χ0) is 19.6. The van der Waals surface area contributed by atoms with Crippen LogP contribution in [0, 0.1) is 6.92 Å². The number of ether oxygens (including phenoxy) is 1. The maximum Gasteiger partial charge on any atom is 0.324 e. The third-order valence-corrected chi connectivity index (χ3v) is 6.51. The summed E-state index contributed by atoms with van der Waals surface area (Å²) in [6, 6.07) is 7.92. The molecule has 3 rings (SSSR count). The molecule has 0 spiro atoms. The second-order valence-corrected chi connectivity index (χ2v) is 8.47. The van der Waals surface area contributed by atoms with Crippen LogP contribution in [0.5, 0.6) is 0 Å². The minimum Gasteiger partial charge on any atom is -0.468 e. The first kappa shape index (κ1) is 19.5. The summed E-state index contributed by atoms with van der Waals surface area (Å²) >= 11 is 6.06. The lowest BCUT2D eigenvalue weighted by molar-refractivity contribution is -0.145. The monoisotopic (exact) mass is 406 g/mol. The lowest BCUT2D eigenvalue weighted by Gasteiger charge is -2.36. The molecule has 1 unspecified atom stereocenters. The second-order valence-electron chi connectivity index (χ2n) is 6.19. The average molecular weight is 407 g/mol. The van der Waals surface area contributed by atoms with Crippen LogP contribution >= 0.6 is 11.6 Å². The van der Waals surface area contributed by atoms with E-state index in [1.807, 2.05) is 6.92 Å². The number of halogens is 1. The third-order valence-electron chi connectivity index (χ3n) is 4.37. The van der Waals surface area contributed by atoms with Crippen LogP contribution < -0.4 is 0 Å². The Bertz CT molecular complexity index is 973. The SMILES string of the molecule is COC(=O)[C@H]1CC=CC(c2cc(Cl)ccn2)N1S(=O)(=O)c1ccc(C)cc1. The summed E-state index contributed by atoms with van der Waals surface area (Å²) < 4.78 is 32.9. The number of carbonyl (C=O) groups is 1. The van der Waals surface area contributed by atoms with Crippen molar-refractivity contribution in [2.45, 2.75) is 30.3 Å². The van der Waals surface area contributed by atoms with E-state index in [4.69, 9.17) is 16.3 Å². The summed E-state index contributed by atoms with van der Waals surface area (Å²) in [7, 11) is -2.76. The Morgan fingerprint density at radius 3 is 2.59 bits per heavy atom. The first-order valence-corrected chi connectivity index (χ1v) is 10.1. The number of aromatic nitrogens is 1. The quantitative estimate of drug-likeness (QED) is 0.575. The van der Waals surface area contributed by atoms with Gasteiger partial charge in [-0.3, -0.25) is 9.78 Å². The Hall–Kier alpha value is -2.22.